The first-order valence-electron chi connectivity index (χ1n) is 3.63. The number of hydrogen-bond donors (Lipinski definition) is 1. The van der Waals surface area contributed by atoms with E-state index in [9.17, 15) is 0 Å². The lowest BCUT2D eigenvalue weighted by Gasteiger charge is -2.00. The molecule has 12 heavy (non-hydrogen) atoms. The molecule has 0 aliphatic heterocycles. The largest absolute Gasteiger partial charge is 0.368 e. The van der Waals surface area contributed by atoms with Crippen molar-refractivity contribution in [1.29, 1.82) is 0 Å². The molecule has 0 amide bonds. The van der Waals surface area contributed by atoms with Gasteiger partial charge >= 0.3 is 0 Å². The van der Waals surface area contributed by atoms with Crippen LogP contribution in [0.4, 0.5) is 5.95 Å². The minimum Gasteiger partial charge on any atom is -0.368 e. The molecule has 0 aromatic carbocycles. The molecule has 2 heterocycles. The van der Waals surface area contributed by atoms with Crippen LogP contribution in [0.1, 0.15) is 11.4 Å². The summed E-state index contributed by atoms with van der Waals surface area (Å²) in [5, 5.41) is 7.69. The summed E-state index contributed by atoms with van der Waals surface area (Å²) in [5.74, 6) is 1.19. The van der Waals surface area contributed by atoms with Crippen LogP contribution in [0, 0.1) is 13.8 Å². The van der Waals surface area contributed by atoms with E-state index in [0.29, 0.717) is 5.95 Å². The molecule has 0 saturated heterocycles. The SMILES string of the molecule is Cc1cnc(C)n2c(N)nnc12. The molecular weight excluding hydrogens is 154 g/mol. The van der Waals surface area contributed by atoms with E-state index < -0.39 is 0 Å². The molecule has 0 spiro atoms. The Balaban J connectivity index is 2.98. The zero-order chi connectivity index (χ0) is 8.72. The second-order valence-corrected chi connectivity index (χ2v) is 2.71. The van der Waals surface area contributed by atoms with Crippen LogP contribution in [0.2, 0.25) is 0 Å². The van der Waals surface area contributed by atoms with Gasteiger partial charge in [0.15, 0.2) is 5.65 Å². The fraction of sp³-hybridized carbons (Fsp3) is 0.286. The number of rotatable bonds is 0. The maximum absolute atomic E-state index is 5.60. The van der Waals surface area contributed by atoms with Crippen molar-refractivity contribution in [2.24, 2.45) is 0 Å². The van der Waals surface area contributed by atoms with Crippen LogP contribution in [0.25, 0.3) is 5.65 Å². The van der Waals surface area contributed by atoms with Crippen LogP contribution >= 0.6 is 0 Å². The van der Waals surface area contributed by atoms with E-state index in [2.05, 4.69) is 15.2 Å². The van der Waals surface area contributed by atoms with E-state index in [1.54, 1.807) is 10.6 Å². The summed E-state index contributed by atoms with van der Waals surface area (Å²) in [6.45, 7) is 3.79. The van der Waals surface area contributed by atoms with E-state index in [-0.39, 0.29) is 0 Å². The zero-order valence-electron chi connectivity index (χ0n) is 6.94. The number of nitrogen functional groups attached to an aromatic ring is 1. The Morgan fingerprint density at radius 2 is 2.08 bits per heavy atom. The van der Waals surface area contributed by atoms with Crippen LogP contribution < -0.4 is 5.73 Å². The van der Waals surface area contributed by atoms with Gasteiger partial charge in [0.25, 0.3) is 0 Å². The van der Waals surface area contributed by atoms with E-state index in [0.717, 1.165) is 17.0 Å². The highest BCUT2D eigenvalue weighted by Gasteiger charge is 2.06. The molecule has 5 nitrogen and oxygen atoms in total. The van der Waals surface area contributed by atoms with Gasteiger partial charge in [0.05, 0.1) is 0 Å². The molecule has 0 aliphatic carbocycles. The lowest BCUT2D eigenvalue weighted by atomic mass is 10.3. The number of fused-ring (bicyclic) bond motifs is 1. The first-order valence-corrected chi connectivity index (χ1v) is 3.63. The second-order valence-electron chi connectivity index (χ2n) is 2.71. The molecule has 2 rings (SSSR count). The number of nitrogens with two attached hydrogens (primary N) is 1. The molecule has 0 aliphatic rings. The molecule has 0 fully saturated rings. The third kappa shape index (κ3) is 0.761. The maximum Gasteiger partial charge on any atom is 0.227 e. The average Bonchev–Trinajstić information content (AvgIpc) is 2.42. The van der Waals surface area contributed by atoms with Crippen molar-refractivity contribution < 1.29 is 0 Å². The lowest BCUT2D eigenvalue weighted by Crippen LogP contribution is -2.01. The molecular formula is C7H9N5. The van der Waals surface area contributed by atoms with Gasteiger partial charge < -0.3 is 5.73 Å². The number of aromatic nitrogens is 4. The van der Waals surface area contributed by atoms with Gasteiger partial charge in [-0.3, -0.25) is 0 Å². The Hall–Kier alpha value is -1.65. The molecule has 2 aromatic rings. The molecule has 2 aromatic heterocycles. The molecule has 2 N–H and O–H groups in total. The Bertz CT molecular complexity index is 431. The normalized spacial score (nSPS) is 10.8. The van der Waals surface area contributed by atoms with Crippen LogP contribution in [-0.4, -0.2) is 19.6 Å². The smallest absolute Gasteiger partial charge is 0.227 e. The first-order chi connectivity index (χ1) is 5.70. The van der Waals surface area contributed by atoms with Crippen molar-refractivity contribution in [3.63, 3.8) is 0 Å². The fourth-order valence-corrected chi connectivity index (χ4v) is 1.18. The van der Waals surface area contributed by atoms with E-state index in [1.807, 2.05) is 13.8 Å². The third-order valence-electron chi connectivity index (χ3n) is 1.81. The highest BCUT2D eigenvalue weighted by Crippen LogP contribution is 2.10. The van der Waals surface area contributed by atoms with Crippen molar-refractivity contribution >= 4 is 11.6 Å². The van der Waals surface area contributed by atoms with Crippen LogP contribution in [0.3, 0.4) is 0 Å². The Kier molecular flexibility index (Phi) is 1.27. The minimum absolute atomic E-state index is 0.388. The van der Waals surface area contributed by atoms with Gasteiger partial charge in [-0.2, -0.15) is 0 Å². The predicted molar refractivity (Wildman–Crippen MR) is 44.7 cm³/mol. The maximum atomic E-state index is 5.60. The van der Waals surface area contributed by atoms with Crippen LogP contribution in [-0.2, 0) is 0 Å². The number of aryl methyl sites for hydroxylation is 2. The zero-order valence-corrected chi connectivity index (χ0v) is 6.94. The Morgan fingerprint density at radius 3 is 2.75 bits per heavy atom. The van der Waals surface area contributed by atoms with Crippen molar-refractivity contribution in [1.82, 2.24) is 19.6 Å². The van der Waals surface area contributed by atoms with Gasteiger partial charge in [0.2, 0.25) is 5.95 Å². The van der Waals surface area contributed by atoms with Crippen molar-refractivity contribution in [2.45, 2.75) is 13.8 Å². The Labute approximate surface area is 69.2 Å². The van der Waals surface area contributed by atoms with Crippen LogP contribution in [0.15, 0.2) is 6.20 Å². The molecule has 62 valence electrons. The van der Waals surface area contributed by atoms with E-state index in [4.69, 9.17) is 5.73 Å². The highest BCUT2D eigenvalue weighted by atomic mass is 15.3. The molecule has 0 radical (unpaired) electrons. The monoisotopic (exact) mass is 163 g/mol. The topological polar surface area (TPSA) is 69.1 Å². The van der Waals surface area contributed by atoms with Crippen molar-refractivity contribution in [3.05, 3.63) is 17.6 Å². The molecule has 0 saturated carbocycles. The molecule has 5 heteroatoms. The minimum atomic E-state index is 0.388. The van der Waals surface area contributed by atoms with Gasteiger partial charge in [0.1, 0.15) is 5.82 Å². The van der Waals surface area contributed by atoms with E-state index >= 15 is 0 Å². The summed E-state index contributed by atoms with van der Waals surface area (Å²) in [6.07, 6.45) is 1.76. The molecule has 0 unspecified atom stereocenters. The molecule has 0 bridgehead atoms. The van der Waals surface area contributed by atoms with E-state index in [1.165, 1.54) is 0 Å². The van der Waals surface area contributed by atoms with Gasteiger partial charge in [-0.1, -0.05) is 0 Å². The van der Waals surface area contributed by atoms with Crippen molar-refractivity contribution in [3.8, 4) is 0 Å². The quantitative estimate of drug-likeness (QED) is 0.607. The summed E-state index contributed by atoms with van der Waals surface area (Å²) in [6, 6.07) is 0. The fourth-order valence-electron chi connectivity index (χ4n) is 1.18. The Morgan fingerprint density at radius 1 is 1.33 bits per heavy atom. The number of anilines is 1. The highest BCUT2D eigenvalue weighted by molar-refractivity contribution is 5.49. The molecule has 0 atom stereocenters. The average molecular weight is 163 g/mol. The van der Waals surface area contributed by atoms with Gasteiger partial charge in [-0.05, 0) is 13.8 Å². The second kappa shape index (κ2) is 2.17. The lowest BCUT2D eigenvalue weighted by molar-refractivity contribution is 0.979. The van der Waals surface area contributed by atoms with Crippen LogP contribution in [0.5, 0.6) is 0 Å². The standard InChI is InChI=1S/C7H9N5/c1-4-3-9-5(2)12-6(4)10-11-7(12)8/h3H,1-2H3,(H2,8,11). The number of nitrogens with zero attached hydrogens (tertiary/aromatic N) is 4. The summed E-state index contributed by atoms with van der Waals surface area (Å²) in [7, 11) is 0. The predicted octanol–water partition coefficient (Wildman–Crippen LogP) is 0.323. The first kappa shape index (κ1) is 7.02. The summed E-state index contributed by atoms with van der Waals surface area (Å²) in [4.78, 5) is 4.14. The summed E-state index contributed by atoms with van der Waals surface area (Å²) >= 11 is 0. The van der Waals surface area contributed by atoms with Crippen molar-refractivity contribution in [2.75, 3.05) is 5.73 Å². The number of hydrogen-bond acceptors (Lipinski definition) is 4. The van der Waals surface area contributed by atoms with Gasteiger partial charge in [0, 0.05) is 11.8 Å². The van der Waals surface area contributed by atoms with Gasteiger partial charge in [-0.25, -0.2) is 9.38 Å². The third-order valence-corrected chi connectivity index (χ3v) is 1.81. The summed E-state index contributed by atoms with van der Waals surface area (Å²) < 4.78 is 1.73. The summed E-state index contributed by atoms with van der Waals surface area (Å²) in [5.41, 5.74) is 7.35. The van der Waals surface area contributed by atoms with Gasteiger partial charge in [-0.15, -0.1) is 10.2 Å².